The molecule has 2 atom stereocenters. The molecular weight excluding hydrogens is 246 g/mol. The summed E-state index contributed by atoms with van der Waals surface area (Å²) < 4.78 is 0. The van der Waals surface area contributed by atoms with Crippen molar-refractivity contribution in [2.45, 2.75) is 51.6 Å². The highest BCUT2D eigenvalue weighted by Gasteiger charge is 2.15. The van der Waals surface area contributed by atoms with E-state index < -0.39 is 0 Å². The van der Waals surface area contributed by atoms with Crippen molar-refractivity contribution < 1.29 is 0 Å². The molecule has 0 bridgehead atoms. The Labute approximate surface area is 114 Å². The van der Waals surface area contributed by atoms with Gasteiger partial charge >= 0.3 is 0 Å². The number of nitrogens with zero attached hydrogens (tertiary/aromatic N) is 1. The Balaban J connectivity index is 1.85. The minimum Gasteiger partial charge on any atom is -0.381 e. The molecule has 2 rings (SSSR count). The van der Waals surface area contributed by atoms with Gasteiger partial charge in [0.15, 0.2) is 0 Å². The zero-order valence-corrected chi connectivity index (χ0v) is 11.9. The predicted molar refractivity (Wildman–Crippen MR) is 77.3 cm³/mol. The number of hydrogen-bond acceptors (Lipinski definition) is 3. The second kappa shape index (κ2) is 6.39. The van der Waals surface area contributed by atoms with Gasteiger partial charge in [0.2, 0.25) is 0 Å². The fraction of sp³-hybridized carbons (Fsp3) is 0.643. The van der Waals surface area contributed by atoms with Crippen molar-refractivity contribution in [3.05, 3.63) is 23.0 Å². The van der Waals surface area contributed by atoms with Gasteiger partial charge in [-0.15, -0.1) is 0 Å². The lowest BCUT2D eigenvalue weighted by molar-refractivity contribution is 0.371. The first-order chi connectivity index (χ1) is 8.65. The van der Waals surface area contributed by atoms with E-state index in [1.54, 1.807) is 6.20 Å². The molecular formula is C14H22ClN3. The van der Waals surface area contributed by atoms with Crippen LogP contribution in [-0.4, -0.2) is 23.6 Å². The van der Waals surface area contributed by atoms with Gasteiger partial charge in [-0.1, -0.05) is 18.0 Å². The molecule has 4 heteroatoms. The van der Waals surface area contributed by atoms with Gasteiger partial charge in [0, 0.05) is 12.1 Å². The van der Waals surface area contributed by atoms with Gasteiger partial charge in [0.05, 0.1) is 11.9 Å². The fourth-order valence-corrected chi connectivity index (χ4v) is 2.64. The standard InChI is InChI=1S/C14H22ClN3/c1-10-7-13(9-17-14(10)15)18-11(2)8-12-5-3-4-6-16-12/h7,9,11-12,16,18H,3-6,8H2,1-2H3. The Morgan fingerprint density at radius 3 is 3.06 bits per heavy atom. The van der Waals surface area contributed by atoms with Gasteiger partial charge in [-0.25, -0.2) is 4.98 Å². The van der Waals surface area contributed by atoms with Crippen molar-refractivity contribution >= 4 is 17.3 Å². The number of hydrogen-bond donors (Lipinski definition) is 2. The van der Waals surface area contributed by atoms with Crippen molar-refractivity contribution in [1.82, 2.24) is 10.3 Å². The van der Waals surface area contributed by atoms with Gasteiger partial charge in [-0.3, -0.25) is 0 Å². The normalized spacial score (nSPS) is 21.6. The number of aryl methyl sites for hydroxylation is 1. The molecule has 0 radical (unpaired) electrons. The summed E-state index contributed by atoms with van der Waals surface area (Å²) in [7, 11) is 0. The molecule has 0 saturated carbocycles. The number of anilines is 1. The van der Waals surface area contributed by atoms with E-state index in [0.717, 1.165) is 17.7 Å². The summed E-state index contributed by atoms with van der Waals surface area (Å²) in [5, 5.41) is 7.66. The zero-order chi connectivity index (χ0) is 13.0. The molecule has 1 aromatic rings. The van der Waals surface area contributed by atoms with Gasteiger partial charge in [0.1, 0.15) is 5.15 Å². The molecule has 100 valence electrons. The van der Waals surface area contributed by atoms with Gasteiger partial charge in [0.25, 0.3) is 0 Å². The highest BCUT2D eigenvalue weighted by atomic mass is 35.5. The third kappa shape index (κ3) is 3.85. The highest BCUT2D eigenvalue weighted by Crippen LogP contribution is 2.18. The molecule has 2 unspecified atom stereocenters. The van der Waals surface area contributed by atoms with Crippen LogP contribution < -0.4 is 10.6 Å². The van der Waals surface area contributed by atoms with E-state index in [9.17, 15) is 0 Å². The lowest BCUT2D eigenvalue weighted by Gasteiger charge is -2.27. The molecule has 1 fully saturated rings. The SMILES string of the molecule is Cc1cc(NC(C)CC2CCCCN2)cnc1Cl. The summed E-state index contributed by atoms with van der Waals surface area (Å²) in [4.78, 5) is 4.17. The fourth-order valence-electron chi connectivity index (χ4n) is 2.53. The Kier molecular flexibility index (Phi) is 4.84. The summed E-state index contributed by atoms with van der Waals surface area (Å²) in [5.41, 5.74) is 2.07. The topological polar surface area (TPSA) is 37.0 Å². The van der Waals surface area contributed by atoms with Crippen molar-refractivity contribution in [2.75, 3.05) is 11.9 Å². The molecule has 1 aliphatic heterocycles. The van der Waals surface area contributed by atoms with Crippen LogP contribution in [0.3, 0.4) is 0 Å². The zero-order valence-electron chi connectivity index (χ0n) is 11.2. The largest absolute Gasteiger partial charge is 0.381 e. The molecule has 2 N–H and O–H groups in total. The van der Waals surface area contributed by atoms with Crippen molar-refractivity contribution in [3.63, 3.8) is 0 Å². The van der Waals surface area contributed by atoms with Crippen molar-refractivity contribution in [1.29, 1.82) is 0 Å². The summed E-state index contributed by atoms with van der Waals surface area (Å²) >= 11 is 5.92. The van der Waals surface area contributed by atoms with E-state index in [1.165, 1.54) is 25.8 Å². The second-order valence-corrected chi connectivity index (χ2v) is 5.62. The third-order valence-corrected chi connectivity index (χ3v) is 3.87. The lowest BCUT2D eigenvalue weighted by Crippen LogP contribution is -2.37. The number of halogens is 1. The van der Waals surface area contributed by atoms with E-state index in [0.29, 0.717) is 17.2 Å². The van der Waals surface area contributed by atoms with E-state index in [1.807, 2.05) is 6.92 Å². The van der Waals surface area contributed by atoms with Crippen LogP contribution in [0.5, 0.6) is 0 Å². The Morgan fingerprint density at radius 1 is 1.56 bits per heavy atom. The van der Waals surface area contributed by atoms with Crippen LogP contribution in [0.25, 0.3) is 0 Å². The minimum atomic E-state index is 0.447. The van der Waals surface area contributed by atoms with Crippen LogP contribution >= 0.6 is 11.6 Å². The van der Waals surface area contributed by atoms with Gasteiger partial charge in [-0.2, -0.15) is 0 Å². The molecule has 2 heterocycles. The number of piperidine rings is 1. The predicted octanol–water partition coefficient (Wildman–Crippen LogP) is 3.38. The highest BCUT2D eigenvalue weighted by molar-refractivity contribution is 6.30. The summed E-state index contributed by atoms with van der Waals surface area (Å²) in [6.07, 6.45) is 6.93. The molecule has 0 spiro atoms. The van der Waals surface area contributed by atoms with E-state index in [4.69, 9.17) is 11.6 Å². The number of aromatic nitrogens is 1. The Hall–Kier alpha value is -0.800. The summed E-state index contributed by atoms with van der Waals surface area (Å²) in [6, 6.07) is 3.16. The van der Waals surface area contributed by atoms with Crippen LogP contribution in [0.1, 0.15) is 38.2 Å². The average Bonchev–Trinajstić information content (AvgIpc) is 2.35. The average molecular weight is 268 g/mol. The number of rotatable bonds is 4. The first kappa shape index (κ1) is 13.6. The second-order valence-electron chi connectivity index (χ2n) is 5.26. The maximum absolute atomic E-state index is 5.92. The first-order valence-corrected chi connectivity index (χ1v) is 7.15. The van der Waals surface area contributed by atoms with E-state index in [2.05, 4.69) is 28.6 Å². The van der Waals surface area contributed by atoms with Crippen LogP contribution in [-0.2, 0) is 0 Å². The van der Waals surface area contributed by atoms with Crippen LogP contribution in [0.4, 0.5) is 5.69 Å². The van der Waals surface area contributed by atoms with Crippen molar-refractivity contribution in [3.8, 4) is 0 Å². The number of nitrogens with one attached hydrogen (secondary N) is 2. The molecule has 18 heavy (non-hydrogen) atoms. The molecule has 0 aromatic carbocycles. The maximum atomic E-state index is 5.92. The van der Waals surface area contributed by atoms with Crippen LogP contribution in [0.2, 0.25) is 5.15 Å². The molecule has 0 amide bonds. The van der Waals surface area contributed by atoms with E-state index in [-0.39, 0.29) is 0 Å². The quantitative estimate of drug-likeness (QED) is 0.822. The molecule has 1 saturated heterocycles. The maximum Gasteiger partial charge on any atom is 0.132 e. The first-order valence-electron chi connectivity index (χ1n) is 6.77. The third-order valence-electron chi connectivity index (χ3n) is 3.48. The smallest absolute Gasteiger partial charge is 0.132 e. The van der Waals surface area contributed by atoms with E-state index >= 15 is 0 Å². The van der Waals surface area contributed by atoms with Crippen LogP contribution in [0, 0.1) is 6.92 Å². The molecule has 0 aliphatic carbocycles. The Bertz CT molecular complexity index is 389. The molecule has 3 nitrogen and oxygen atoms in total. The van der Waals surface area contributed by atoms with Crippen molar-refractivity contribution in [2.24, 2.45) is 0 Å². The minimum absolute atomic E-state index is 0.447. The number of pyridine rings is 1. The monoisotopic (exact) mass is 267 g/mol. The summed E-state index contributed by atoms with van der Waals surface area (Å²) in [5.74, 6) is 0. The molecule has 1 aromatic heterocycles. The van der Waals surface area contributed by atoms with Gasteiger partial charge in [-0.05, 0) is 51.3 Å². The Morgan fingerprint density at radius 2 is 2.39 bits per heavy atom. The molecule has 1 aliphatic rings. The van der Waals surface area contributed by atoms with Crippen LogP contribution in [0.15, 0.2) is 12.3 Å². The summed E-state index contributed by atoms with van der Waals surface area (Å²) in [6.45, 7) is 5.37. The van der Waals surface area contributed by atoms with Gasteiger partial charge < -0.3 is 10.6 Å². The lowest BCUT2D eigenvalue weighted by atomic mass is 9.99.